The van der Waals surface area contributed by atoms with Crippen LogP contribution in [-0.2, 0) is 6.54 Å². The molecule has 0 aliphatic carbocycles. The van der Waals surface area contributed by atoms with Crippen molar-refractivity contribution in [1.82, 2.24) is 4.90 Å². The quantitative estimate of drug-likeness (QED) is 0.769. The van der Waals surface area contributed by atoms with E-state index in [9.17, 15) is 4.39 Å². The van der Waals surface area contributed by atoms with E-state index in [1.54, 1.807) is 6.07 Å². The lowest BCUT2D eigenvalue weighted by molar-refractivity contribution is 0.187. The van der Waals surface area contributed by atoms with Gasteiger partial charge in [0.1, 0.15) is 5.82 Å². The second-order valence-corrected chi connectivity index (χ2v) is 5.59. The van der Waals surface area contributed by atoms with Gasteiger partial charge in [-0.2, -0.15) is 0 Å². The average molecular weight is 300 g/mol. The Morgan fingerprint density at radius 1 is 1.35 bits per heavy atom. The molecule has 1 fully saturated rings. The third-order valence-corrected chi connectivity index (χ3v) is 4.55. The van der Waals surface area contributed by atoms with E-state index in [2.05, 4.69) is 27.8 Å². The fourth-order valence-corrected chi connectivity index (χ4v) is 3.00. The standard InChI is InChI=1S/C14H19BrFN/c1-11-2-3-14(16)8-13(11)10-17-6-4-12(9-15)5-7-17/h2-3,8,12H,4-7,9-10H2,1H3. The van der Waals surface area contributed by atoms with Gasteiger partial charge in [-0.25, -0.2) is 4.39 Å². The Morgan fingerprint density at radius 2 is 2.06 bits per heavy atom. The molecule has 17 heavy (non-hydrogen) atoms. The maximum absolute atomic E-state index is 13.2. The summed E-state index contributed by atoms with van der Waals surface area (Å²) >= 11 is 3.55. The van der Waals surface area contributed by atoms with Crippen LogP contribution in [0.1, 0.15) is 24.0 Å². The van der Waals surface area contributed by atoms with Gasteiger partial charge in [0.25, 0.3) is 0 Å². The van der Waals surface area contributed by atoms with Crippen molar-refractivity contribution >= 4 is 15.9 Å². The van der Waals surface area contributed by atoms with Crippen LogP contribution in [0.5, 0.6) is 0 Å². The van der Waals surface area contributed by atoms with Crippen LogP contribution in [0.2, 0.25) is 0 Å². The molecule has 2 rings (SSSR count). The first-order valence-electron chi connectivity index (χ1n) is 6.22. The van der Waals surface area contributed by atoms with Crippen molar-refractivity contribution in [3.63, 3.8) is 0 Å². The van der Waals surface area contributed by atoms with Crippen molar-refractivity contribution < 1.29 is 4.39 Å². The van der Waals surface area contributed by atoms with Gasteiger partial charge in [0, 0.05) is 11.9 Å². The summed E-state index contributed by atoms with van der Waals surface area (Å²) < 4.78 is 13.2. The number of likely N-dealkylation sites (tertiary alicyclic amines) is 1. The smallest absolute Gasteiger partial charge is 0.123 e. The first-order chi connectivity index (χ1) is 8.19. The molecule has 0 amide bonds. The lowest BCUT2D eigenvalue weighted by atomic mass is 9.98. The minimum atomic E-state index is -0.124. The molecule has 0 radical (unpaired) electrons. The minimum absolute atomic E-state index is 0.124. The highest BCUT2D eigenvalue weighted by molar-refractivity contribution is 9.09. The maximum Gasteiger partial charge on any atom is 0.123 e. The number of halogens is 2. The van der Waals surface area contributed by atoms with E-state index in [1.807, 2.05) is 6.07 Å². The van der Waals surface area contributed by atoms with Gasteiger partial charge in [0.15, 0.2) is 0 Å². The number of hydrogen-bond donors (Lipinski definition) is 0. The van der Waals surface area contributed by atoms with Crippen LogP contribution >= 0.6 is 15.9 Å². The van der Waals surface area contributed by atoms with Gasteiger partial charge in [-0.3, -0.25) is 4.90 Å². The molecule has 1 nitrogen and oxygen atoms in total. The van der Waals surface area contributed by atoms with Crippen molar-refractivity contribution in [3.05, 3.63) is 35.1 Å². The van der Waals surface area contributed by atoms with Crippen molar-refractivity contribution in [2.75, 3.05) is 18.4 Å². The molecule has 0 aromatic heterocycles. The van der Waals surface area contributed by atoms with E-state index < -0.39 is 0 Å². The molecule has 0 bridgehead atoms. The van der Waals surface area contributed by atoms with Crippen LogP contribution in [0.15, 0.2) is 18.2 Å². The molecule has 0 N–H and O–H groups in total. The number of hydrogen-bond acceptors (Lipinski definition) is 1. The first-order valence-corrected chi connectivity index (χ1v) is 7.34. The molecule has 1 aliphatic heterocycles. The molecular formula is C14H19BrFN. The van der Waals surface area contributed by atoms with Gasteiger partial charge < -0.3 is 0 Å². The van der Waals surface area contributed by atoms with E-state index in [0.717, 1.165) is 36.4 Å². The Labute approximate surface area is 111 Å². The van der Waals surface area contributed by atoms with Crippen molar-refractivity contribution in [3.8, 4) is 0 Å². The van der Waals surface area contributed by atoms with Crippen LogP contribution in [0.25, 0.3) is 0 Å². The van der Waals surface area contributed by atoms with Crippen LogP contribution in [0, 0.1) is 18.7 Å². The molecule has 1 saturated heterocycles. The first kappa shape index (κ1) is 13.0. The van der Waals surface area contributed by atoms with Gasteiger partial charge in [-0.05, 0) is 62.0 Å². The summed E-state index contributed by atoms with van der Waals surface area (Å²) in [4.78, 5) is 2.43. The number of alkyl halides is 1. The molecule has 1 aromatic rings. The third-order valence-electron chi connectivity index (χ3n) is 3.63. The topological polar surface area (TPSA) is 3.24 Å². The summed E-state index contributed by atoms with van der Waals surface area (Å²) in [6.07, 6.45) is 2.50. The molecule has 0 spiro atoms. The van der Waals surface area contributed by atoms with Crippen LogP contribution in [0.4, 0.5) is 4.39 Å². The third kappa shape index (κ3) is 3.52. The lowest BCUT2D eigenvalue weighted by Crippen LogP contribution is -2.33. The van der Waals surface area contributed by atoms with Crippen molar-refractivity contribution in [1.29, 1.82) is 0 Å². The largest absolute Gasteiger partial charge is 0.299 e. The second-order valence-electron chi connectivity index (χ2n) is 4.94. The van der Waals surface area contributed by atoms with Gasteiger partial charge in [0.05, 0.1) is 0 Å². The molecule has 1 heterocycles. The van der Waals surface area contributed by atoms with Gasteiger partial charge in [0.2, 0.25) is 0 Å². The van der Waals surface area contributed by atoms with Gasteiger partial charge in [-0.15, -0.1) is 0 Å². The van der Waals surface area contributed by atoms with E-state index in [1.165, 1.54) is 24.5 Å². The summed E-state index contributed by atoms with van der Waals surface area (Å²) in [5, 5.41) is 1.11. The van der Waals surface area contributed by atoms with Gasteiger partial charge in [-0.1, -0.05) is 22.0 Å². The van der Waals surface area contributed by atoms with Crippen LogP contribution in [-0.4, -0.2) is 23.3 Å². The SMILES string of the molecule is Cc1ccc(F)cc1CN1CCC(CBr)CC1. The average Bonchev–Trinajstić information content (AvgIpc) is 2.35. The Balaban J connectivity index is 1.95. The Bertz CT molecular complexity index is 372. The number of nitrogens with zero attached hydrogens (tertiary/aromatic N) is 1. The highest BCUT2D eigenvalue weighted by Gasteiger charge is 2.18. The minimum Gasteiger partial charge on any atom is -0.299 e. The Morgan fingerprint density at radius 3 is 2.71 bits per heavy atom. The fourth-order valence-electron chi connectivity index (χ4n) is 2.35. The number of rotatable bonds is 3. The molecule has 0 atom stereocenters. The molecule has 0 saturated carbocycles. The highest BCUT2D eigenvalue weighted by Crippen LogP contribution is 2.21. The fraction of sp³-hybridized carbons (Fsp3) is 0.571. The normalized spacial score (nSPS) is 18.5. The number of benzene rings is 1. The van der Waals surface area contributed by atoms with E-state index in [-0.39, 0.29) is 5.82 Å². The predicted molar refractivity (Wildman–Crippen MR) is 72.9 cm³/mol. The number of aryl methyl sites for hydroxylation is 1. The maximum atomic E-state index is 13.2. The summed E-state index contributed by atoms with van der Waals surface area (Å²) in [5.74, 6) is 0.695. The van der Waals surface area contributed by atoms with Crippen LogP contribution < -0.4 is 0 Å². The molecule has 0 unspecified atom stereocenters. The molecule has 3 heteroatoms. The Hall–Kier alpha value is -0.410. The zero-order chi connectivity index (χ0) is 12.3. The predicted octanol–water partition coefficient (Wildman–Crippen LogP) is 3.74. The van der Waals surface area contributed by atoms with E-state index in [0.29, 0.717) is 0 Å². The zero-order valence-corrected chi connectivity index (χ0v) is 11.8. The summed E-state index contributed by atoms with van der Waals surface area (Å²) in [6.45, 7) is 5.21. The monoisotopic (exact) mass is 299 g/mol. The summed E-state index contributed by atoms with van der Waals surface area (Å²) in [6, 6.07) is 5.08. The molecule has 1 aliphatic rings. The highest BCUT2D eigenvalue weighted by atomic mass is 79.9. The molecule has 94 valence electrons. The van der Waals surface area contributed by atoms with Crippen molar-refractivity contribution in [2.24, 2.45) is 5.92 Å². The summed E-state index contributed by atoms with van der Waals surface area (Å²) in [5.41, 5.74) is 2.32. The Kier molecular flexibility index (Phi) is 4.57. The van der Waals surface area contributed by atoms with E-state index >= 15 is 0 Å². The van der Waals surface area contributed by atoms with Crippen LogP contribution in [0.3, 0.4) is 0 Å². The molecular weight excluding hydrogens is 281 g/mol. The zero-order valence-electron chi connectivity index (χ0n) is 10.3. The van der Waals surface area contributed by atoms with Crippen molar-refractivity contribution in [2.45, 2.75) is 26.3 Å². The molecule has 1 aromatic carbocycles. The van der Waals surface area contributed by atoms with Gasteiger partial charge >= 0.3 is 0 Å². The lowest BCUT2D eigenvalue weighted by Gasteiger charge is -2.31. The summed E-state index contributed by atoms with van der Waals surface area (Å²) in [7, 11) is 0. The number of piperidine rings is 1. The second kappa shape index (κ2) is 5.96. The van der Waals surface area contributed by atoms with E-state index in [4.69, 9.17) is 0 Å².